The van der Waals surface area contributed by atoms with Crippen LogP contribution in [0, 0.1) is 0 Å². The molecule has 2 N–H and O–H groups in total. The Morgan fingerprint density at radius 3 is 2.76 bits per heavy atom. The van der Waals surface area contributed by atoms with Gasteiger partial charge in [-0.2, -0.15) is 0 Å². The van der Waals surface area contributed by atoms with Crippen LogP contribution in [0.15, 0.2) is 30.3 Å². The summed E-state index contributed by atoms with van der Waals surface area (Å²) < 4.78 is 5.18. The Bertz CT molecular complexity index is 526. The fraction of sp³-hybridized carbons (Fsp3) is 0.231. The summed E-state index contributed by atoms with van der Waals surface area (Å²) in [5.41, 5.74) is 7.61. The van der Waals surface area contributed by atoms with Crippen LogP contribution in [0.4, 0.5) is 5.82 Å². The van der Waals surface area contributed by atoms with Gasteiger partial charge in [0.15, 0.2) is 5.82 Å². The highest BCUT2D eigenvalue weighted by atomic mass is 16.5. The van der Waals surface area contributed by atoms with Gasteiger partial charge in [0.1, 0.15) is 11.6 Å². The normalized spacial score (nSPS) is 10.2. The highest BCUT2D eigenvalue weighted by Gasteiger charge is 2.05. The fourth-order valence-electron chi connectivity index (χ4n) is 1.59. The van der Waals surface area contributed by atoms with E-state index in [1.54, 1.807) is 13.2 Å². The number of methoxy groups -OCH3 is 1. The maximum atomic E-state index is 5.76. The molecule has 4 nitrogen and oxygen atoms in total. The lowest BCUT2D eigenvalue weighted by molar-refractivity contribution is 0.415. The third kappa shape index (κ3) is 2.53. The van der Waals surface area contributed by atoms with Gasteiger partial charge in [0.05, 0.1) is 7.11 Å². The molecular weight excluding hydrogens is 214 g/mol. The van der Waals surface area contributed by atoms with Gasteiger partial charge in [-0.1, -0.05) is 19.1 Å². The molecule has 0 bridgehead atoms. The van der Waals surface area contributed by atoms with E-state index in [1.807, 2.05) is 31.2 Å². The minimum atomic E-state index is 0.495. The summed E-state index contributed by atoms with van der Waals surface area (Å²) in [6.45, 7) is 2.04. The summed E-state index contributed by atoms with van der Waals surface area (Å²) in [5, 5.41) is 0. The Balaban J connectivity index is 2.47. The number of benzene rings is 1. The number of nitrogens with two attached hydrogens (primary N) is 1. The Kier molecular flexibility index (Phi) is 3.23. The van der Waals surface area contributed by atoms with Crippen molar-refractivity contribution in [2.75, 3.05) is 12.8 Å². The van der Waals surface area contributed by atoms with Gasteiger partial charge < -0.3 is 10.5 Å². The number of nitrogen functional groups attached to an aromatic ring is 1. The molecule has 0 aliphatic carbocycles. The van der Waals surface area contributed by atoms with Crippen molar-refractivity contribution >= 4 is 5.82 Å². The molecule has 1 aromatic carbocycles. The third-order valence-electron chi connectivity index (χ3n) is 2.49. The largest absolute Gasteiger partial charge is 0.497 e. The molecule has 1 aromatic heterocycles. The second kappa shape index (κ2) is 4.82. The van der Waals surface area contributed by atoms with E-state index >= 15 is 0 Å². The second-order valence-corrected chi connectivity index (χ2v) is 3.69. The van der Waals surface area contributed by atoms with Crippen molar-refractivity contribution in [1.82, 2.24) is 9.97 Å². The van der Waals surface area contributed by atoms with Gasteiger partial charge in [-0.15, -0.1) is 0 Å². The number of ether oxygens (including phenoxy) is 1. The molecule has 88 valence electrons. The second-order valence-electron chi connectivity index (χ2n) is 3.69. The van der Waals surface area contributed by atoms with E-state index < -0.39 is 0 Å². The first-order valence-electron chi connectivity index (χ1n) is 5.50. The number of aromatic nitrogens is 2. The maximum absolute atomic E-state index is 5.76. The fourth-order valence-corrected chi connectivity index (χ4v) is 1.59. The predicted octanol–water partition coefficient (Wildman–Crippen LogP) is 2.30. The maximum Gasteiger partial charge on any atom is 0.161 e. The van der Waals surface area contributed by atoms with Crippen molar-refractivity contribution in [3.63, 3.8) is 0 Å². The van der Waals surface area contributed by atoms with E-state index in [0.29, 0.717) is 11.6 Å². The summed E-state index contributed by atoms with van der Waals surface area (Å²) in [6, 6.07) is 9.43. The lowest BCUT2D eigenvalue weighted by atomic mass is 10.2. The van der Waals surface area contributed by atoms with E-state index in [9.17, 15) is 0 Å². The van der Waals surface area contributed by atoms with E-state index in [4.69, 9.17) is 10.5 Å². The lowest BCUT2D eigenvalue weighted by Gasteiger charge is -2.06. The first-order valence-corrected chi connectivity index (χ1v) is 5.50. The first-order chi connectivity index (χ1) is 8.22. The van der Waals surface area contributed by atoms with Crippen LogP contribution in [-0.4, -0.2) is 17.1 Å². The van der Waals surface area contributed by atoms with E-state index in [0.717, 1.165) is 23.4 Å². The Hall–Kier alpha value is -2.10. The van der Waals surface area contributed by atoms with Gasteiger partial charge in [-0.3, -0.25) is 0 Å². The standard InChI is InChI=1S/C13H15N3O/c1-3-10-8-12(14)16-13(15-10)9-5-4-6-11(7-9)17-2/h4-8H,3H2,1-2H3,(H2,14,15,16). The number of aryl methyl sites for hydroxylation is 1. The van der Waals surface area contributed by atoms with Crippen LogP contribution in [-0.2, 0) is 6.42 Å². The molecule has 0 saturated heterocycles. The van der Waals surface area contributed by atoms with Crippen molar-refractivity contribution in [2.24, 2.45) is 0 Å². The molecule has 0 saturated carbocycles. The molecule has 0 fully saturated rings. The zero-order valence-corrected chi connectivity index (χ0v) is 9.97. The molecule has 1 heterocycles. The third-order valence-corrected chi connectivity index (χ3v) is 2.49. The van der Waals surface area contributed by atoms with Gasteiger partial charge in [0.2, 0.25) is 0 Å². The minimum Gasteiger partial charge on any atom is -0.497 e. The zero-order chi connectivity index (χ0) is 12.3. The smallest absolute Gasteiger partial charge is 0.161 e. The van der Waals surface area contributed by atoms with Crippen LogP contribution in [0.3, 0.4) is 0 Å². The Labute approximate surface area is 100 Å². The van der Waals surface area contributed by atoms with Crippen molar-refractivity contribution in [3.05, 3.63) is 36.0 Å². The average molecular weight is 229 g/mol. The van der Waals surface area contributed by atoms with Crippen LogP contribution in [0.1, 0.15) is 12.6 Å². The number of rotatable bonds is 3. The highest BCUT2D eigenvalue weighted by Crippen LogP contribution is 2.21. The van der Waals surface area contributed by atoms with Gasteiger partial charge in [-0.05, 0) is 18.6 Å². The summed E-state index contributed by atoms with van der Waals surface area (Å²) >= 11 is 0. The molecule has 0 aliphatic rings. The quantitative estimate of drug-likeness (QED) is 0.877. The number of nitrogens with zero attached hydrogens (tertiary/aromatic N) is 2. The molecule has 0 spiro atoms. The first kappa shape index (κ1) is 11.4. The van der Waals surface area contributed by atoms with Gasteiger partial charge in [0.25, 0.3) is 0 Å². The number of anilines is 1. The molecule has 0 aliphatic heterocycles. The number of hydrogen-bond acceptors (Lipinski definition) is 4. The summed E-state index contributed by atoms with van der Waals surface area (Å²) in [7, 11) is 1.64. The molecule has 0 radical (unpaired) electrons. The van der Waals surface area contributed by atoms with Crippen LogP contribution in [0.5, 0.6) is 5.75 Å². The van der Waals surface area contributed by atoms with Crippen molar-refractivity contribution in [1.29, 1.82) is 0 Å². The Morgan fingerprint density at radius 2 is 2.06 bits per heavy atom. The molecule has 4 heteroatoms. The molecule has 2 aromatic rings. The van der Waals surface area contributed by atoms with Crippen molar-refractivity contribution in [2.45, 2.75) is 13.3 Å². The zero-order valence-electron chi connectivity index (χ0n) is 9.97. The minimum absolute atomic E-state index is 0.495. The molecule has 0 atom stereocenters. The van der Waals surface area contributed by atoms with Crippen molar-refractivity contribution < 1.29 is 4.74 Å². The molecule has 2 rings (SSSR count). The van der Waals surface area contributed by atoms with Crippen LogP contribution in [0.2, 0.25) is 0 Å². The summed E-state index contributed by atoms with van der Waals surface area (Å²) in [4.78, 5) is 8.69. The molecule has 0 unspecified atom stereocenters. The SMILES string of the molecule is CCc1cc(N)nc(-c2cccc(OC)c2)n1. The van der Waals surface area contributed by atoms with Gasteiger partial charge in [0, 0.05) is 17.3 Å². The monoisotopic (exact) mass is 229 g/mol. The molecular formula is C13H15N3O. The lowest BCUT2D eigenvalue weighted by Crippen LogP contribution is -1.99. The van der Waals surface area contributed by atoms with Gasteiger partial charge >= 0.3 is 0 Å². The Morgan fingerprint density at radius 1 is 1.24 bits per heavy atom. The van der Waals surface area contributed by atoms with Gasteiger partial charge in [-0.25, -0.2) is 9.97 Å². The summed E-state index contributed by atoms with van der Waals surface area (Å²) in [6.07, 6.45) is 0.837. The van der Waals surface area contributed by atoms with E-state index in [1.165, 1.54) is 0 Å². The van der Waals surface area contributed by atoms with Crippen LogP contribution in [0.25, 0.3) is 11.4 Å². The highest BCUT2D eigenvalue weighted by molar-refractivity contribution is 5.59. The predicted molar refractivity (Wildman–Crippen MR) is 67.8 cm³/mol. The topological polar surface area (TPSA) is 61.0 Å². The van der Waals surface area contributed by atoms with Crippen molar-refractivity contribution in [3.8, 4) is 17.1 Å². The van der Waals surface area contributed by atoms with Crippen LogP contribution < -0.4 is 10.5 Å². The van der Waals surface area contributed by atoms with E-state index in [2.05, 4.69) is 9.97 Å². The van der Waals surface area contributed by atoms with Crippen LogP contribution >= 0.6 is 0 Å². The van der Waals surface area contributed by atoms with E-state index in [-0.39, 0.29) is 0 Å². The average Bonchev–Trinajstić information content (AvgIpc) is 2.38. The summed E-state index contributed by atoms with van der Waals surface area (Å²) in [5.74, 6) is 1.92. The number of hydrogen-bond donors (Lipinski definition) is 1. The molecule has 0 amide bonds. The molecule has 17 heavy (non-hydrogen) atoms.